The van der Waals surface area contributed by atoms with Crippen molar-refractivity contribution >= 4 is 21.9 Å². The average molecular weight is 313 g/mol. The lowest BCUT2D eigenvalue weighted by atomic mass is 9.90. The summed E-state index contributed by atoms with van der Waals surface area (Å²) in [4.78, 5) is 11.0. The van der Waals surface area contributed by atoms with Crippen molar-refractivity contribution in [1.29, 1.82) is 0 Å². The van der Waals surface area contributed by atoms with Crippen molar-refractivity contribution < 1.29 is 14.6 Å². The maximum absolute atomic E-state index is 11.0. The van der Waals surface area contributed by atoms with E-state index in [1.165, 1.54) is 0 Å². The highest BCUT2D eigenvalue weighted by atomic mass is 79.9. The van der Waals surface area contributed by atoms with Gasteiger partial charge in [-0.15, -0.1) is 0 Å². The fourth-order valence-corrected chi connectivity index (χ4v) is 2.89. The molecule has 0 aliphatic heterocycles. The van der Waals surface area contributed by atoms with E-state index >= 15 is 0 Å². The molecule has 18 heavy (non-hydrogen) atoms. The van der Waals surface area contributed by atoms with Crippen LogP contribution in [0.3, 0.4) is 0 Å². The van der Waals surface area contributed by atoms with Crippen molar-refractivity contribution in [1.82, 2.24) is 0 Å². The van der Waals surface area contributed by atoms with E-state index in [0.29, 0.717) is 5.92 Å². The van der Waals surface area contributed by atoms with E-state index in [2.05, 4.69) is 15.9 Å². The summed E-state index contributed by atoms with van der Waals surface area (Å²) in [6.45, 7) is 2.00. The summed E-state index contributed by atoms with van der Waals surface area (Å²) in [5.41, 5.74) is 2.15. The summed E-state index contributed by atoms with van der Waals surface area (Å²) in [6, 6.07) is 3.92. The molecule has 1 saturated carbocycles. The van der Waals surface area contributed by atoms with Gasteiger partial charge in [0.15, 0.2) is 0 Å². The molecule has 0 radical (unpaired) electrons. The average Bonchev–Trinajstić information content (AvgIpc) is 3.13. The Hall–Kier alpha value is -1.03. The third kappa shape index (κ3) is 2.86. The lowest BCUT2D eigenvalue weighted by Gasteiger charge is -2.19. The standard InChI is InChI=1S/C14H17BrO3/c1-8-5-10(18-2)6-12(14(8)15)11(7-13(16)17)9-3-4-9/h5-6,9,11H,3-4,7H2,1-2H3,(H,16,17). The van der Waals surface area contributed by atoms with Crippen LogP contribution in [0.5, 0.6) is 5.75 Å². The van der Waals surface area contributed by atoms with Crippen LogP contribution in [0.4, 0.5) is 0 Å². The first-order chi connectivity index (χ1) is 8.52. The number of aryl methyl sites for hydroxylation is 1. The van der Waals surface area contributed by atoms with Gasteiger partial charge in [0.1, 0.15) is 5.75 Å². The molecule has 2 rings (SSSR count). The molecule has 0 heterocycles. The molecule has 1 atom stereocenters. The Morgan fingerprint density at radius 1 is 1.56 bits per heavy atom. The number of benzene rings is 1. The van der Waals surface area contributed by atoms with E-state index in [0.717, 1.165) is 34.2 Å². The second-order valence-electron chi connectivity index (χ2n) is 4.89. The Kier molecular flexibility index (Phi) is 3.95. The Morgan fingerprint density at radius 3 is 2.72 bits per heavy atom. The molecule has 1 aromatic carbocycles. The third-order valence-corrected chi connectivity index (χ3v) is 4.56. The first kappa shape index (κ1) is 13.4. The summed E-state index contributed by atoms with van der Waals surface area (Å²) in [5, 5.41) is 9.06. The zero-order valence-electron chi connectivity index (χ0n) is 10.6. The van der Waals surface area contributed by atoms with Crippen LogP contribution >= 0.6 is 15.9 Å². The lowest BCUT2D eigenvalue weighted by molar-refractivity contribution is -0.137. The highest BCUT2D eigenvalue weighted by Gasteiger charge is 2.35. The fourth-order valence-electron chi connectivity index (χ4n) is 2.37. The van der Waals surface area contributed by atoms with Crippen LogP contribution in [0, 0.1) is 12.8 Å². The number of rotatable bonds is 5. The number of methoxy groups -OCH3 is 1. The lowest BCUT2D eigenvalue weighted by Crippen LogP contribution is -2.09. The minimum atomic E-state index is -0.737. The first-order valence-electron chi connectivity index (χ1n) is 6.08. The molecule has 1 aliphatic rings. The van der Waals surface area contributed by atoms with Crippen LogP contribution in [0.15, 0.2) is 16.6 Å². The van der Waals surface area contributed by atoms with Gasteiger partial charge >= 0.3 is 5.97 Å². The predicted molar refractivity (Wildman–Crippen MR) is 73.1 cm³/mol. The van der Waals surface area contributed by atoms with Crippen LogP contribution in [0.1, 0.15) is 36.3 Å². The van der Waals surface area contributed by atoms with Crippen LogP contribution in [-0.2, 0) is 4.79 Å². The number of aliphatic carboxylic acids is 1. The molecule has 0 bridgehead atoms. The molecular formula is C14H17BrO3. The smallest absolute Gasteiger partial charge is 0.303 e. The molecule has 1 N–H and O–H groups in total. The van der Waals surface area contributed by atoms with E-state index in [9.17, 15) is 4.79 Å². The molecule has 1 fully saturated rings. The molecular weight excluding hydrogens is 296 g/mol. The van der Waals surface area contributed by atoms with E-state index < -0.39 is 5.97 Å². The Bertz CT molecular complexity index is 466. The summed E-state index contributed by atoms with van der Waals surface area (Å²) >= 11 is 3.58. The number of carboxylic acids is 1. The Balaban J connectivity index is 2.39. The summed E-state index contributed by atoms with van der Waals surface area (Å²) in [7, 11) is 1.63. The topological polar surface area (TPSA) is 46.5 Å². The summed E-state index contributed by atoms with van der Waals surface area (Å²) in [6.07, 6.45) is 2.44. The van der Waals surface area contributed by atoms with E-state index in [-0.39, 0.29) is 12.3 Å². The highest BCUT2D eigenvalue weighted by molar-refractivity contribution is 9.10. The maximum Gasteiger partial charge on any atom is 0.303 e. The van der Waals surface area contributed by atoms with Gasteiger partial charge in [0.25, 0.3) is 0 Å². The molecule has 0 spiro atoms. The SMILES string of the molecule is COc1cc(C)c(Br)c(C(CC(=O)O)C2CC2)c1. The van der Waals surface area contributed by atoms with Gasteiger partial charge in [0, 0.05) is 4.47 Å². The van der Waals surface area contributed by atoms with Crippen LogP contribution < -0.4 is 4.74 Å². The van der Waals surface area contributed by atoms with Gasteiger partial charge in [-0.05, 0) is 54.9 Å². The molecule has 1 unspecified atom stereocenters. The minimum Gasteiger partial charge on any atom is -0.497 e. The monoisotopic (exact) mass is 312 g/mol. The normalized spacial score (nSPS) is 16.4. The van der Waals surface area contributed by atoms with E-state index in [4.69, 9.17) is 9.84 Å². The van der Waals surface area contributed by atoms with Gasteiger partial charge < -0.3 is 9.84 Å². The predicted octanol–water partition coefficient (Wildman–Crippen LogP) is 3.73. The fraction of sp³-hybridized carbons (Fsp3) is 0.500. The number of hydrogen-bond acceptors (Lipinski definition) is 2. The largest absolute Gasteiger partial charge is 0.497 e. The Labute approximate surface area is 115 Å². The molecule has 3 nitrogen and oxygen atoms in total. The zero-order valence-corrected chi connectivity index (χ0v) is 12.2. The van der Waals surface area contributed by atoms with Crippen molar-refractivity contribution in [3.63, 3.8) is 0 Å². The van der Waals surface area contributed by atoms with Gasteiger partial charge in [-0.1, -0.05) is 15.9 Å². The van der Waals surface area contributed by atoms with Crippen LogP contribution in [0.2, 0.25) is 0 Å². The van der Waals surface area contributed by atoms with Gasteiger partial charge in [-0.3, -0.25) is 4.79 Å². The number of carbonyl (C=O) groups is 1. The van der Waals surface area contributed by atoms with Crippen molar-refractivity contribution in [3.05, 3.63) is 27.7 Å². The maximum atomic E-state index is 11.0. The third-order valence-electron chi connectivity index (χ3n) is 3.48. The second-order valence-corrected chi connectivity index (χ2v) is 5.68. The van der Waals surface area contributed by atoms with Crippen molar-refractivity contribution in [2.45, 2.75) is 32.1 Å². The van der Waals surface area contributed by atoms with Crippen molar-refractivity contribution in [2.75, 3.05) is 7.11 Å². The molecule has 0 amide bonds. The van der Waals surface area contributed by atoms with Crippen molar-refractivity contribution in [2.24, 2.45) is 5.92 Å². The summed E-state index contributed by atoms with van der Waals surface area (Å²) < 4.78 is 6.29. The molecule has 1 aliphatic carbocycles. The molecule has 98 valence electrons. The Morgan fingerprint density at radius 2 is 2.22 bits per heavy atom. The zero-order chi connectivity index (χ0) is 13.3. The number of ether oxygens (including phenoxy) is 1. The quantitative estimate of drug-likeness (QED) is 0.901. The van der Waals surface area contributed by atoms with E-state index in [1.54, 1.807) is 7.11 Å². The highest BCUT2D eigenvalue weighted by Crippen LogP contribution is 2.47. The summed E-state index contributed by atoms with van der Waals surface area (Å²) in [5.74, 6) is 0.649. The van der Waals surface area contributed by atoms with Crippen LogP contribution in [0.25, 0.3) is 0 Å². The van der Waals surface area contributed by atoms with Gasteiger partial charge in [-0.25, -0.2) is 0 Å². The number of hydrogen-bond donors (Lipinski definition) is 1. The second kappa shape index (κ2) is 5.31. The minimum absolute atomic E-state index is 0.0886. The number of carboxylic acid groups (broad SMARTS) is 1. The van der Waals surface area contributed by atoms with E-state index in [1.807, 2.05) is 19.1 Å². The first-order valence-corrected chi connectivity index (χ1v) is 6.88. The van der Waals surface area contributed by atoms with Gasteiger partial charge in [0.2, 0.25) is 0 Å². The van der Waals surface area contributed by atoms with Crippen LogP contribution in [-0.4, -0.2) is 18.2 Å². The van der Waals surface area contributed by atoms with Crippen molar-refractivity contribution in [3.8, 4) is 5.75 Å². The molecule has 4 heteroatoms. The van der Waals surface area contributed by atoms with Gasteiger partial charge in [0.05, 0.1) is 13.5 Å². The molecule has 1 aromatic rings. The van der Waals surface area contributed by atoms with Gasteiger partial charge in [-0.2, -0.15) is 0 Å². The number of halogens is 1. The molecule has 0 saturated heterocycles. The molecule has 0 aromatic heterocycles.